The number of amides is 3. The second kappa shape index (κ2) is 15.2. The topological polar surface area (TPSA) is 168 Å². The van der Waals surface area contributed by atoms with E-state index in [-0.39, 0.29) is 25.3 Å². The molecule has 12 heteroatoms. The van der Waals surface area contributed by atoms with Crippen LogP contribution in [0.4, 0.5) is 0 Å². The van der Waals surface area contributed by atoms with Gasteiger partial charge in [0.25, 0.3) is 0 Å². The van der Waals surface area contributed by atoms with Gasteiger partial charge in [-0.05, 0) is 51.7 Å². The minimum atomic E-state index is -1.25. The number of rotatable bonds is 14. The van der Waals surface area contributed by atoms with E-state index in [1.807, 2.05) is 0 Å². The summed E-state index contributed by atoms with van der Waals surface area (Å²) in [6, 6.07) is 5.46. The van der Waals surface area contributed by atoms with Gasteiger partial charge in [-0.1, -0.05) is 32.0 Å². The van der Waals surface area contributed by atoms with Crippen molar-refractivity contribution in [2.45, 2.75) is 90.4 Å². The van der Waals surface area contributed by atoms with Gasteiger partial charge in [0.1, 0.15) is 36.1 Å². The Morgan fingerprint density at radius 2 is 1.68 bits per heavy atom. The van der Waals surface area contributed by atoms with Crippen LogP contribution in [-0.2, 0) is 33.5 Å². The maximum atomic E-state index is 13.4. The minimum Gasteiger partial charge on any atom is -0.486 e. The molecule has 1 saturated heterocycles. The van der Waals surface area contributed by atoms with Crippen LogP contribution in [0.2, 0.25) is 0 Å². The van der Waals surface area contributed by atoms with Crippen LogP contribution < -0.4 is 15.4 Å². The van der Waals surface area contributed by atoms with Gasteiger partial charge in [-0.15, -0.1) is 0 Å². The number of ether oxygens (including phenoxy) is 2. The molecule has 0 unspecified atom stereocenters. The molecule has 3 amide bonds. The van der Waals surface area contributed by atoms with E-state index in [0.717, 1.165) is 0 Å². The molecule has 0 aliphatic carbocycles. The Balaban J connectivity index is 2.15. The molecule has 1 heterocycles. The first-order valence-electron chi connectivity index (χ1n) is 13.7. The van der Waals surface area contributed by atoms with Gasteiger partial charge in [-0.3, -0.25) is 28.8 Å². The fourth-order valence-electron chi connectivity index (χ4n) is 4.30. The Morgan fingerprint density at radius 3 is 2.27 bits per heavy atom. The van der Waals surface area contributed by atoms with Crippen LogP contribution in [0.15, 0.2) is 30.3 Å². The average molecular weight is 576 g/mol. The molecule has 0 radical (unpaired) electrons. The van der Waals surface area contributed by atoms with Crippen LogP contribution in [0.5, 0.6) is 5.75 Å². The molecule has 226 valence electrons. The van der Waals surface area contributed by atoms with Gasteiger partial charge in [0, 0.05) is 13.0 Å². The third-order valence-electron chi connectivity index (χ3n) is 6.27. The molecule has 3 N–H and O–H groups in total. The minimum absolute atomic E-state index is 0.257. The number of aliphatic carboxylic acids is 1. The summed E-state index contributed by atoms with van der Waals surface area (Å²) in [6.07, 6.45) is -0.239. The van der Waals surface area contributed by atoms with Crippen molar-refractivity contribution >= 4 is 35.4 Å². The number of carbonyl (C=O) groups is 6. The summed E-state index contributed by atoms with van der Waals surface area (Å²) in [4.78, 5) is 76.9. The van der Waals surface area contributed by atoms with Crippen molar-refractivity contribution in [2.24, 2.45) is 5.92 Å². The van der Waals surface area contributed by atoms with Crippen LogP contribution in [0.3, 0.4) is 0 Å². The average Bonchev–Trinajstić information content (AvgIpc) is 3.38. The molecule has 1 aromatic rings. The van der Waals surface area contributed by atoms with Crippen molar-refractivity contribution < 1.29 is 43.3 Å². The number of para-hydroxylation sites is 1. The van der Waals surface area contributed by atoms with Gasteiger partial charge in [-0.2, -0.15) is 0 Å². The molecule has 41 heavy (non-hydrogen) atoms. The highest BCUT2D eigenvalue weighted by molar-refractivity contribution is 5.97. The van der Waals surface area contributed by atoms with E-state index in [0.29, 0.717) is 18.6 Å². The molecular formula is C29H41N3O9. The lowest BCUT2D eigenvalue weighted by Crippen LogP contribution is -2.57. The normalized spacial score (nSPS) is 16.4. The number of nitrogens with one attached hydrogen (secondary N) is 2. The van der Waals surface area contributed by atoms with Gasteiger partial charge in [0.2, 0.25) is 17.7 Å². The second-order valence-corrected chi connectivity index (χ2v) is 11.3. The predicted octanol–water partition coefficient (Wildman–Crippen LogP) is 1.85. The molecule has 0 spiro atoms. The Kier molecular flexibility index (Phi) is 12.3. The van der Waals surface area contributed by atoms with Crippen molar-refractivity contribution in [2.75, 3.05) is 13.2 Å². The summed E-state index contributed by atoms with van der Waals surface area (Å²) in [5, 5.41) is 14.0. The molecule has 12 nitrogen and oxygen atoms in total. The number of likely N-dealkylation sites (tertiary alicyclic amines) is 1. The predicted molar refractivity (Wildman–Crippen MR) is 148 cm³/mol. The van der Waals surface area contributed by atoms with E-state index in [2.05, 4.69) is 10.6 Å². The van der Waals surface area contributed by atoms with E-state index in [9.17, 15) is 28.8 Å². The number of nitrogens with zero attached hydrogens (tertiary/aromatic N) is 1. The number of ketones is 1. The van der Waals surface area contributed by atoms with Crippen molar-refractivity contribution in [1.82, 2.24) is 15.5 Å². The number of hydrogen-bond acceptors (Lipinski definition) is 8. The number of esters is 1. The molecule has 1 fully saturated rings. The highest BCUT2D eigenvalue weighted by Gasteiger charge is 2.40. The summed E-state index contributed by atoms with van der Waals surface area (Å²) in [5.41, 5.74) is -0.801. The van der Waals surface area contributed by atoms with Gasteiger partial charge in [-0.25, -0.2) is 0 Å². The number of carboxylic acid groups (broad SMARTS) is 1. The SMILES string of the molecule is CC(C)[C@H](NC(=O)CCC(=O)O)C(=O)N1CCC[C@H]1C(=O)N[C@@H](CC(=O)OC(C)(C)C)C(=O)COc1ccccc1. The first-order valence-corrected chi connectivity index (χ1v) is 13.7. The second-order valence-electron chi connectivity index (χ2n) is 11.3. The summed E-state index contributed by atoms with van der Waals surface area (Å²) >= 11 is 0. The zero-order valence-electron chi connectivity index (χ0n) is 24.3. The first kappa shape index (κ1) is 33.2. The van der Waals surface area contributed by atoms with Gasteiger partial charge < -0.3 is 30.1 Å². The summed E-state index contributed by atoms with van der Waals surface area (Å²) in [7, 11) is 0. The molecule has 1 aliphatic heterocycles. The molecule has 3 atom stereocenters. The molecule has 0 saturated carbocycles. The Labute approximate surface area is 240 Å². The van der Waals surface area contributed by atoms with E-state index in [4.69, 9.17) is 14.6 Å². The molecule has 0 aromatic heterocycles. The maximum Gasteiger partial charge on any atom is 0.308 e. The van der Waals surface area contributed by atoms with Gasteiger partial charge >= 0.3 is 11.9 Å². The Bertz CT molecular complexity index is 1100. The van der Waals surface area contributed by atoms with Crippen molar-refractivity contribution in [3.05, 3.63) is 30.3 Å². The highest BCUT2D eigenvalue weighted by atomic mass is 16.6. The van der Waals surface area contributed by atoms with Crippen LogP contribution >= 0.6 is 0 Å². The van der Waals surface area contributed by atoms with E-state index >= 15 is 0 Å². The lowest BCUT2D eigenvalue weighted by Gasteiger charge is -2.31. The number of carboxylic acids is 1. The fraction of sp³-hybridized carbons (Fsp3) is 0.586. The lowest BCUT2D eigenvalue weighted by atomic mass is 10.0. The van der Waals surface area contributed by atoms with Gasteiger partial charge in [0.15, 0.2) is 5.78 Å². The zero-order valence-corrected chi connectivity index (χ0v) is 24.3. The zero-order chi connectivity index (χ0) is 30.7. The number of benzene rings is 1. The molecule has 2 rings (SSSR count). The summed E-state index contributed by atoms with van der Waals surface area (Å²) < 4.78 is 10.9. The van der Waals surface area contributed by atoms with E-state index < -0.39 is 72.2 Å². The largest absolute Gasteiger partial charge is 0.486 e. The summed E-state index contributed by atoms with van der Waals surface area (Å²) in [6.45, 7) is 8.38. The smallest absolute Gasteiger partial charge is 0.308 e. The Hall–Kier alpha value is -3.96. The van der Waals surface area contributed by atoms with E-state index in [1.54, 1.807) is 65.0 Å². The van der Waals surface area contributed by atoms with Crippen molar-refractivity contribution in [1.29, 1.82) is 0 Å². The third kappa shape index (κ3) is 11.2. The molecule has 1 aromatic carbocycles. The Morgan fingerprint density at radius 1 is 1.02 bits per heavy atom. The lowest BCUT2D eigenvalue weighted by molar-refractivity contribution is -0.156. The third-order valence-corrected chi connectivity index (χ3v) is 6.27. The molecule has 1 aliphatic rings. The van der Waals surface area contributed by atoms with E-state index in [1.165, 1.54) is 4.90 Å². The van der Waals surface area contributed by atoms with Crippen molar-refractivity contribution in [3.8, 4) is 5.75 Å². The van der Waals surface area contributed by atoms with Crippen molar-refractivity contribution in [3.63, 3.8) is 0 Å². The van der Waals surface area contributed by atoms with Crippen LogP contribution in [-0.4, -0.2) is 82.3 Å². The first-order chi connectivity index (χ1) is 19.2. The van der Waals surface area contributed by atoms with Crippen LogP contribution in [0.1, 0.15) is 66.7 Å². The number of hydrogen-bond donors (Lipinski definition) is 3. The quantitative estimate of drug-likeness (QED) is 0.280. The number of carbonyl (C=O) groups excluding carboxylic acids is 5. The molecular weight excluding hydrogens is 534 g/mol. The summed E-state index contributed by atoms with van der Waals surface area (Å²) in [5.74, 6) is -3.93. The standard InChI is InChI=1S/C29H41N3O9/c1-18(2)26(31-23(34)13-14-24(35)36)28(39)32-15-9-12-21(32)27(38)30-20(16-25(37)41-29(3,4)5)22(33)17-40-19-10-7-6-8-11-19/h6-8,10-11,18,20-21,26H,9,12-17H2,1-5H3,(H,30,38)(H,31,34)(H,35,36)/t20-,21-,26-/m0/s1. The van der Waals surface area contributed by atoms with Crippen LogP contribution in [0.25, 0.3) is 0 Å². The van der Waals surface area contributed by atoms with Gasteiger partial charge in [0.05, 0.1) is 12.8 Å². The fourth-order valence-corrected chi connectivity index (χ4v) is 4.30. The monoisotopic (exact) mass is 575 g/mol. The number of Topliss-reactive ketones (excluding diaryl/α,β-unsaturated/α-hetero) is 1. The highest BCUT2D eigenvalue weighted by Crippen LogP contribution is 2.21. The molecule has 0 bridgehead atoms. The van der Waals surface area contributed by atoms with Crippen LogP contribution in [0, 0.1) is 5.92 Å². The maximum absolute atomic E-state index is 13.4.